The van der Waals surface area contributed by atoms with Crippen molar-refractivity contribution in [1.82, 2.24) is 0 Å². The summed E-state index contributed by atoms with van der Waals surface area (Å²) in [6.45, 7) is 2.09. The first-order chi connectivity index (χ1) is 12.1. The number of ether oxygens (including phenoxy) is 1. The summed E-state index contributed by atoms with van der Waals surface area (Å²) in [5.74, 6) is 0.360. The highest BCUT2D eigenvalue weighted by atomic mass is 79.9. The number of anilines is 1. The number of hydrogen-bond acceptors (Lipinski definition) is 3. The first-order valence-electron chi connectivity index (χ1n) is 8.50. The number of rotatable bonds is 2. The number of methoxy groups -OCH3 is 1. The minimum Gasteiger partial charge on any atom is -0.465 e. The van der Waals surface area contributed by atoms with Crippen molar-refractivity contribution in [2.75, 3.05) is 12.4 Å². The molecule has 0 spiro atoms. The number of carbonyl (C=O) groups is 1. The molecular weight excluding hydrogens is 378 g/mol. The molecule has 0 fully saturated rings. The molecular formula is C21H20BrNO2. The molecule has 128 valence electrons. The van der Waals surface area contributed by atoms with Crippen LogP contribution in [-0.4, -0.2) is 13.1 Å². The van der Waals surface area contributed by atoms with Crippen molar-refractivity contribution in [3.05, 3.63) is 75.3 Å². The maximum absolute atomic E-state index is 12.3. The summed E-state index contributed by atoms with van der Waals surface area (Å²) in [6.07, 6.45) is 5.49. The molecule has 0 saturated carbocycles. The highest BCUT2D eigenvalue weighted by Gasteiger charge is 2.40. The van der Waals surface area contributed by atoms with Crippen LogP contribution in [0.15, 0.2) is 53.0 Å². The van der Waals surface area contributed by atoms with E-state index in [1.807, 2.05) is 18.2 Å². The lowest BCUT2D eigenvalue weighted by Crippen LogP contribution is -2.31. The highest BCUT2D eigenvalue weighted by molar-refractivity contribution is 9.10. The predicted molar refractivity (Wildman–Crippen MR) is 103 cm³/mol. The first-order valence-corrected chi connectivity index (χ1v) is 9.30. The van der Waals surface area contributed by atoms with Gasteiger partial charge in [-0.3, -0.25) is 0 Å². The molecule has 0 saturated heterocycles. The van der Waals surface area contributed by atoms with Crippen LogP contribution in [0.4, 0.5) is 5.69 Å². The van der Waals surface area contributed by atoms with Crippen molar-refractivity contribution < 1.29 is 9.53 Å². The maximum atomic E-state index is 12.3. The zero-order valence-electron chi connectivity index (χ0n) is 14.3. The van der Waals surface area contributed by atoms with Gasteiger partial charge in [-0.1, -0.05) is 46.3 Å². The molecule has 0 bridgehead atoms. The smallest absolute Gasteiger partial charge is 0.338 e. The average Bonchev–Trinajstić information content (AvgIpc) is 3.10. The van der Waals surface area contributed by atoms with E-state index in [1.54, 1.807) is 0 Å². The fourth-order valence-corrected chi connectivity index (χ4v) is 4.59. The van der Waals surface area contributed by atoms with Crippen molar-refractivity contribution in [3.8, 4) is 0 Å². The van der Waals surface area contributed by atoms with Crippen molar-refractivity contribution in [1.29, 1.82) is 0 Å². The predicted octanol–water partition coefficient (Wildman–Crippen LogP) is 5.37. The van der Waals surface area contributed by atoms with Gasteiger partial charge in [-0.2, -0.15) is 0 Å². The zero-order chi connectivity index (χ0) is 17.6. The van der Waals surface area contributed by atoms with E-state index in [1.165, 1.54) is 12.7 Å². The third-order valence-corrected chi connectivity index (χ3v) is 5.83. The van der Waals surface area contributed by atoms with Gasteiger partial charge in [-0.15, -0.1) is 0 Å². The molecule has 1 aliphatic carbocycles. The Morgan fingerprint density at radius 2 is 2.12 bits per heavy atom. The Hall–Kier alpha value is -2.07. The monoisotopic (exact) mass is 397 g/mol. The summed E-state index contributed by atoms with van der Waals surface area (Å²) in [6, 6.07) is 12.6. The lowest BCUT2D eigenvalue weighted by atomic mass is 9.75. The van der Waals surface area contributed by atoms with Crippen LogP contribution in [-0.2, 0) is 4.74 Å². The quantitative estimate of drug-likeness (QED) is 0.546. The SMILES string of the molecule is COC(=O)c1ccc(C)c2c1[C@@H]1C=CC[C@H]1[C@H](c1cccc(Br)c1)N2. The van der Waals surface area contributed by atoms with E-state index in [0.717, 1.165) is 27.7 Å². The molecule has 2 aromatic carbocycles. The van der Waals surface area contributed by atoms with Crippen LogP contribution < -0.4 is 5.32 Å². The van der Waals surface area contributed by atoms with Gasteiger partial charge in [0.05, 0.1) is 18.7 Å². The summed E-state index contributed by atoms with van der Waals surface area (Å²) < 4.78 is 6.10. The maximum Gasteiger partial charge on any atom is 0.338 e. The minimum absolute atomic E-state index is 0.219. The number of carbonyl (C=O) groups excluding carboxylic acids is 1. The molecule has 1 aliphatic heterocycles. The molecule has 1 N–H and O–H groups in total. The standard InChI is InChI=1S/C21H20BrNO2/c1-12-9-10-17(21(24)25-2)18-15-7-4-8-16(15)20(23-19(12)18)13-5-3-6-14(22)11-13/h3-7,9-11,15-16,20,23H,8H2,1-2H3/t15-,16-,20+/m1/s1. The molecule has 3 atom stereocenters. The second kappa shape index (κ2) is 6.34. The van der Waals surface area contributed by atoms with Crippen molar-refractivity contribution >= 4 is 27.6 Å². The molecule has 2 aromatic rings. The molecule has 0 radical (unpaired) electrons. The van der Waals surface area contributed by atoms with Crippen LogP contribution in [0.1, 0.15) is 45.4 Å². The minimum atomic E-state index is -0.266. The van der Waals surface area contributed by atoms with Crippen molar-refractivity contribution in [2.24, 2.45) is 5.92 Å². The van der Waals surface area contributed by atoms with Crippen LogP contribution in [0.2, 0.25) is 0 Å². The second-order valence-corrected chi connectivity index (χ2v) is 7.66. The summed E-state index contributed by atoms with van der Waals surface area (Å²) in [5.41, 5.74) is 5.24. The molecule has 4 rings (SSSR count). The van der Waals surface area contributed by atoms with Crippen LogP contribution in [0.25, 0.3) is 0 Å². The van der Waals surface area contributed by atoms with Gasteiger partial charge in [0, 0.05) is 16.1 Å². The van der Waals surface area contributed by atoms with Crippen LogP contribution in [0, 0.1) is 12.8 Å². The van der Waals surface area contributed by atoms with Crippen LogP contribution >= 0.6 is 15.9 Å². The lowest BCUT2D eigenvalue weighted by Gasteiger charge is -2.39. The number of esters is 1. The average molecular weight is 398 g/mol. The number of benzene rings is 2. The molecule has 4 heteroatoms. The normalized spacial score (nSPS) is 23.6. The Kier molecular flexibility index (Phi) is 4.16. The van der Waals surface area contributed by atoms with E-state index in [4.69, 9.17) is 4.74 Å². The van der Waals surface area contributed by atoms with Gasteiger partial charge in [-0.25, -0.2) is 4.79 Å². The van der Waals surface area contributed by atoms with Gasteiger partial charge in [0.1, 0.15) is 0 Å². The molecule has 2 aliphatic rings. The van der Waals surface area contributed by atoms with E-state index in [-0.39, 0.29) is 17.9 Å². The van der Waals surface area contributed by atoms with Crippen LogP contribution in [0.5, 0.6) is 0 Å². The van der Waals surface area contributed by atoms with Crippen molar-refractivity contribution in [2.45, 2.75) is 25.3 Å². The Bertz CT molecular complexity index is 874. The molecule has 3 nitrogen and oxygen atoms in total. The second-order valence-electron chi connectivity index (χ2n) is 6.74. The van der Waals surface area contributed by atoms with Crippen LogP contribution in [0.3, 0.4) is 0 Å². The number of fused-ring (bicyclic) bond motifs is 3. The summed E-state index contributed by atoms with van der Waals surface area (Å²) >= 11 is 3.58. The van der Waals surface area contributed by atoms with E-state index in [2.05, 4.69) is 58.5 Å². The number of halogens is 1. The Balaban J connectivity index is 1.87. The van der Waals surface area contributed by atoms with Gasteiger partial charge in [0.2, 0.25) is 0 Å². The number of nitrogens with one attached hydrogen (secondary N) is 1. The highest BCUT2D eigenvalue weighted by Crippen LogP contribution is 2.51. The summed E-state index contributed by atoms with van der Waals surface area (Å²) in [7, 11) is 1.44. The third kappa shape index (κ3) is 2.69. The Labute approximate surface area is 156 Å². The molecule has 0 unspecified atom stereocenters. The number of allylic oxidation sites excluding steroid dienone is 2. The number of hydrogen-bond donors (Lipinski definition) is 1. The largest absolute Gasteiger partial charge is 0.465 e. The summed E-state index contributed by atoms with van der Waals surface area (Å²) in [4.78, 5) is 12.3. The Morgan fingerprint density at radius 1 is 1.28 bits per heavy atom. The van der Waals surface area contributed by atoms with E-state index in [9.17, 15) is 4.79 Å². The van der Waals surface area contributed by atoms with Gasteiger partial charge < -0.3 is 10.1 Å². The van der Waals surface area contributed by atoms with E-state index < -0.39 is 0 Å². The fourth-order valence-electron chi connectivity index (χ4n) is 4.17. The van der Waals surface area contributed by atoms with Crippen molar-refractivity contribution in [3.63, 3.8) is 0 Å². The lowest BCUT2D eigenvalue weighted by molar-refractivity contribution is 0.0598. The topological polar surface area (TPSA) is 38.3 Å². The zero-order valence-corrected chi connectivity index (χ0v) is 15.8. The first kappa shape index (κ1) is 16.4. The summed E-state index contributed by atoms with van der Waals surface area (Å²) in [5, 5.41) is 3.73. The third-order valence-electron chi connectivity index (χ3n) is 5.34. The number of aryl methyl sites for hydroxylation is 1. The van der Waals surface area contributed by atoms with Gasteiger partial charge in [-0.05, 0) is 54.2 Å². The molecule has 0 amide bonds. The molecule has 0 aromatic heterocycles. The van der Waals surface area contributed by atoms with E-state index in [0.29, 0.717) is 11.5 Å². The molecule has 25 heavy (non-hydrogen) atoms. The fraction of sp³-hybridized carbons (Fsp3) is 0.286. The Morgan fingerprint density at radius 3 is 2.88 bits per heavy atom. The molecule has 1 heterocycles. The van der Waals surface area contributed by atoms with Gasteiger partial charge in [0.25, 0.3) is 0 Å². The van der Waals surface area contributed by atoms with E-state index >= 15 is 0 Å². The van der Waals surface area contributed by atoms with Gasteiger partial charge >= 0.3 is 5.97 Å². The van der Waals surface area contributed by atoms with Gasteiger partial charge in [0.15, 0.2) is 0 Å².